The fraction of sp³-hybridized carbons (Fsp3) is 1.00. The molecule has 16 heavy (non-hydrogen) atoms. The average molecular weight is 228 g/mol. The van der Waals surface area contributed by atoms with E-state index in [-0.39, 0.29) is 18.1 Å². The number of ether oxygens (including phenoxy) is 1. The quantitative estimate of drug-likeness (QED) is 0.724. The van der Waals surface area contributed by atoms with Gasteiger partial charge in [0.15, 0.2) is 0 Å². The van der Waals surface area contributed by atoms with Gasteiger partial charge in [-0.1, -0.05) is 39.5 Å². The molecular weight excluding hydrogens is 200 g/mol. The molecule has 1 N–H and O–H groups in total. The molecule has 0 spiro atoms. The predicted molar refractivity (Wildman–Crippen MR) is 67.5 cm³/mol. The highest BCUT2D eigenvalue weighted by Gasteiger charge is 2.41. The third-order valence-corrected chi connectivity index (χ3v) is 4.38. The molecule has 0 aliphatic carbocycles. The lowest BCUT2D eigenvalue weighted by Gasteiger charge is -2.33. The van der Waals surface area contributed by atoms with E-state index < -0.39 is 0 Å². The molecule has 0 bridgehead atoms. The second-order valence-corrected chi connectivity index (χ2v) is 5.40. The van der Waals surface area contributed by atoms with Crippen LogP contribution >= 0.6 is 0 Å². The molecule has 1 rings (SSSR count). The summed E-state index contributed by atoms with van der Waals surface area (Å²) in [6.07, 6.45) is 7.53. The van der Waals surface area contributed by atoms with Crippen LogP contribution in [-0.2, 0) is 4.74 Å². The number of hydrogen-bond donors (Lipinski definition) is 1. The molecule has 2 heteroatoms. The van der Waals surface area contributed by atoms with Gasteiger partial charge < -0.3 is 9.84 Å². The summed E-state index contributed by atoms with van der Waals surface area (Å²) in [4.78, 5) is 0. The van der Waals surface area contributed by atoms with Gasteiger partial charge in [-0.2, -0.15) is 0 Å². The highest BCUT2D eigenvalue weighted by atomic mass is 16.5. The maximum Gasteiger partial charge on any atom is 0.0626 e. The van der Waals surface area contributed by atoms with Crippen LogP contribution < -0.4 is 0 Å². The summed E-state index contributed by atoms with van der Waals surface area (Å²) in [5.74, 6) is 0.760. The standard InChI is InChI=1S/C14H28O2/c1-4-6-7-13(5-2)10-14(11-15)8-9-16-12(14)3/h12-13,15H,4-11H2,1-3H3. The first-order chi connectivity index (χ1) is 7.68. The van der Waals surface area contributed by atoms with Crippen molar-refractivity contribution in [2.24, 2.45) is 11.3 Å². The molecule has 1 aliphatic heterocycles. The lowest BCUT2D eigenvalue weighted by atomic mass is 9.73. The van der Waals surface area contributed by atoms with Crippen LogP contribution in [-0.4, -0.2) is 24.4 Å². The largest absolute Gasteiger partial charge is 0.396 e. The Morgan fingerprint density at radius 3 is 2.62 bits per heavy atom. The number of aliphatic hydroxyl groups excluding tert-OH is 1. The van der Waals surface area contributed by atoms with Crippen LogP contribution in [0.15, 0.2) is 0 Å². The molecule has 1 heterocycles. The second-order valence-electron chi connectivity index (χ2n) is 5.40. The van der Waals surface area contributed by atoms with Crippen molar-refractivity contribution >= 4 is 0 Å². The van der Waals surface area contributed by atoms with E-state index in [0.717, 1.165) is 25.4 Å². The van der Waals surface area contributed by atoms with Crippen molar-refractivity contribution < 1.29 is 9.84 Å². The molecule has 1 fully saturated rings. The van der Waals surface area contributed by atoms with Crippen LogP contribution in [0.2, 0.25) is 0 Å². The molecule has 1 saturated heterocycles. The summed E-state index contributed by atoms with van der Waals surface area (Å²) >= 11 is 0. The first-order valence-electron chi connectivity index (χ1n) is 6.91. The first-order valence-corrected chi connectivity index (χ1v) is 6.91. The van der Waals surface area contributed by atoms with Crippen molar-refractivity contribution in [1.29, 1.82) is 0 Å². The average Bonchev–Trinajstić information content (AvgIpc) is 2.66. The molecule has 0 saturated carbocycles. The highest BCUT2D eigenvalue weighted by Crippen LogP contribution is 2.41. The van der Waals surface area contributed by atoms with Gasteiger partial charge >= 0.3 is 0 Å². The molecule has 0 aromatic rings. The number of aliphatic hydroxyl groups is 1. The van der Waals surface area contributed by atoms with Crippen LogP contribution in [0.4, 0.5) is 0 Å². The molecule has 96 valence electrons. The number of hydrogen-bond acceptors (Lipinski definition) is 2. The van der Waals surface area contributed by atoms with Gasteiger partial charge in [0.2, 0.25) is 0 Å². The van der Waals surface area contributed by atoms with E-state index in [4.69, 9.17) is 4.74 Å². The summed E-state index contributed by atoms with van der Waals surface area (Å²) in [5, 5.41) is 9.68. The van der Waals surface area contributed by atoms with Gasteiger partial charge in [-0.05, 0) is 25.7 Å². The van der Waals surface area contributed by atoms with Gasteiger partial charge in [-0.15, -0.1) is 0 Å². The van der Waals surface area contributed by atoms with Gasteiger partial charge in [0.05, 0.1) is 12.7 Å². The van der Waals surface area contributed by atoms with Crippen LogP contribution in [0, 0.1) is 11.3 Å². The Balaban J connectivity index is 2.53. The molecule has 1 aliphatic rings. The van der Waals surface area contributed by atoms with Crippen LogP contribution in [0.5, 0.6) is 0 Å². The van der Waals surface area contributed by atoms with Gasteiger partial charge in [0, 0.05) is 12.0 Å². The van der Waals surface area contributed by atoms with E-state index in [0.29, 0.717) is 0 Å². The zero-order valence-electron chi connectivity index (χ0n) is 11.2. The highest BCUT2D eigenvalue weighted by molar-refractivity contribution is 4.90. The maximum absolute atomic E-state index is 9.68. The molecule has 3 unspecified atom stereocenters. The Labute approximate surface area is 100 Å². The van der Waals surface area contributed by atoms with Crippen molar-refractivity contribution in [3.8, 4) is 0 Å². The lowest BCUT2D eigenvalue weighted by molar-refractivity contribution is 0.0102. The smallest absolute Gasteiger partial charge is 0.0626 e. The minimum Gasteiger partial charge on any atom is -0.396 e. The monoisotopic (exact) mass is 228 g/mol. The molecule has 3 atom stereocenters. The molecule has 0 amide bonds. The zero-order valence-corrected chi connectivity index (χ0v) is 11.2. The van der Waals surface area contributed by atoms with Crippen LogP contribution in [0.1, 0.15) is 59.3 Å². The molecular formula is C14H28O2. The van der Waals surface area contributed by atoms with Crippen molar-refractivity contribution in [1.82, 2.24) is 0 Å². The van der Waals surface area contributed by atoms with Crippen LogP contribution in [0.3, 0.4) is 0 Å². The minimum absolute atomic E-state index is 0.0500. The zero-order chi connectivity index (χ0) is 12.0. The molecule has 0 aromatic heterocycles. The Morgan fingerprint density at radius 2 is 2.19 bits per heavy atom. The van der Waals surface area contributed by atoms with Crippen molar-refractivity contribution in [2.45, 2.75) is 65.4 Å². The first kappa shape index (κ1) is 14.0. The molecule has 0 aromatic carbocycles. The predicted octanol–water partition coefficient (Wildman–Crippen LogP) is 3.38. The third kappa shape index (κ3) is 3.21. The normalized spacial score (nSPS) is 31.9. The lowest BCUT2D eigenvalue weighted by Crippen LogP contribution is -2.34. The van der Waals surface area contributed by atoms with Gasteiger partial charge in [-0.3, -0.25) is 0 Å². The summed E-state index contributed by atoms with van der Waals surface area (Å²) < 4.78 is 5.65. The summed E-state index contributed by atoms with van der Waals surface area (Å²) in [5.41, 5.74) is 0.0500. The van der Waals surface area contributed by atoms with E-state index in [1.807, 2.05) is 0 Å². The third-order valence-electron chi connectivity index (χ3n) is 4.38. The van der Waals surface area contributed by atoms with Crippen molar-refractivity contribution in [2.75, 3.05) is 13.2 Å². The van der Waals surface area contributed by atoms with Gasteiger partial charge in [0.25, 0.3) is 0 Å². The van der Waals surface area contributed by atoms with Crippen LogP contribution in [0.25, 0.3) is 0 Å². The second kappa shape index (κ2) is 6.61. The van der Waals surface area contributed by atoms with Gasteiger partial charge in [0.1, 0.15) is 0 Å². The maximum atomic E-state index is 9.68. The molecule has 0 radical (unpaired) electrons. The van der Waals surface area contributed by atoms with E-state index in [1.165, 1.54) is 25.7 Å². The SMILES string of the molecule is CCCCC(CC)CC1(CO)CCOC1C. The van der Waals surface area contributed by atoms with E-state index >= 15 is 0 Å². The number of unbranched alkanes of at least 4 members (excludes halogenated alkanes) is 1. The Hall–Kier alpha value is -0.0800. The summed E-state index contributed by atoms with van der Waals surface area (Å²) in [6.45, 7) is 7.75. The Kier molecular flexibility index (Phi) is 5.77. The van der Waals surface area contributed by atoms with E-state index in [9.17, 15) is 5.11 Å². The van der Waals surface area contributed by atoms with E-state index in [2.05, 4.69) is 20.8 Å². The Bertz CT molecular complexity index is 193. The Morgan fingerprint density at radius 1 is 1.44 bits per heavy atom. The number of rotatable bonds is 7. The fourth-order valence-corrected chi connectivity index (χ4v) is 2.88. The topological polar surface area (TPSA) is 29.5 Å². The van der Waals surface area contributed by atoms with Crippen molar-refractivity contribution in [3.63, 3.8) is 0 Å². The molecule has 2 nitrogen and oxygen atoms in total. The summed E-state index contributed by atoms with van der Waals surface area (Å²) in [7, 11) is 0. The fourth-order valence-electron chi connectivity index (χ4n) is 2.88. The minimum atomic E-state index is 0.0500. The van der Waals surface area contributed by atoms with Gasteiger partial charge in [-0.25, -0.2) is 0 Å². The van der Waals surface area contributed by atoms with Crippen molar-refractivity contribution in [3.05, 3.63) is 0 Å². The van der Waals surface area contributed by atoms with E-state index in [1.54, 1.807) is 0 Å². The summed E-state index contributed by atoms with van der Waals surface area (Å²) in [6, 6.07) is 0.